The van der Waals surface area contributed by atoms with Crippen molar-refractivity contribution in [2.75, 3.05) is 7.11 Å². The third-order valence-electron chi connectivity index (χ3n) is 4.30. The summed E-state index contributed by atoms with van der Waals surface area (Å²) in [6.45, 7) is 11.2. The van der Waals surface area contributed by atoms with Gasteiger partial charge in [-0.2, -0.15) is 0 Å². The van der Waals surface area contributed by atoms with Crippen molar-refractivity contribution in [2.24, 2.45) is 0 Å². The zero-order chi connectivity index (χ0) is 23.3. The highest BCUT2D eigenvalue weighted by Gasteiger charge is 2.21. The smallest absolute Gasteiger partial charge is 0.273 e. The second-order valence-corrected chi connectivity index (χ2v) is 8.49. The molecule has 0 fully saturated rings. The van der Waals surface area contributed by atoms with Crippen LogP contribution in [0.25, 0.3) is 17.1 Å². The number of ether oxygens (including phenoxy) is 1. The standard InChI is InChI=1S/C20H21BrN4O3.C3H8/c1-11-10-23-14(13-6-7-22-19(24-13)20(3,4)27)9-15(11)25-12(2)8-16(28-5)17(21)18(25)26;1-3-2/h6-10,27H,1-5H3;3H2,1-2H3. The molecule has 0 saturated carbocycles. The average Bonchev–Trinajstić information content (AvgIpc) is 2.72. The molecular weight excluding hydrogens is 460 g/mol. The first kappa shape index (κ1) is 24.7. The third-order valence-corrected chi connectivity index (χ3v) is 5.03. The van der Waals surface area contributed by atoms with Gasteiger partial charge in [-0.1, -0.05) is 20.3 Å². The van der Waals surface area contributed by atoms with Crippen LogP contribution in [0, 0.1) is 13.8 Å². The summed E-state index contributed by atoms with van der Waals surface area (Å²) in [7, 11) is 1.52. The van der Waals surface area contributed by atoms with Crippen molar-refractivity contribution in [1.29, 1.82) is 0 Å². The maximum Gasteiger partial charge on any atom is 0.273 e. The van der Waals surface area contributed by atoms with E-state index in [0.717, 1.165) is 11.3 Å². The lowest BCUT2D eigenvalue weighted by atomic mass is 10.1. The van der Waals surface area contributed by atoms with Crippen molar-refractivity contribution in [1.82, 2.24) is 19.5 Å². The zero-order valence-corrected chi connectivity index (χ0v) is 20.6. The fourth-order valence-electron chi connectivity index (χ4n) is 2.82. The van der Waals surface area contributed by atoms with Crippen LogP contribution < -0.4 is 10.3 Å². The van der Waals surface area contributed by atoms with E-state index in [9.17, 15) is 9.90 Å². The fraction of sp³-hybridized carbons (Fsp3) is 0.391. The molecule has 0 aliphatic carbocycles. The van der Waals surface area contributed by atoms with Crippen LogP contribution in [-0.4, -0.2) is 31.7 Å². The molecule has 0 aliphatic heterocycles. The van der Waals surface area contributed by atoms with E-state index in [1.54, 1.807) is 49.0 Å². The van der Waals surface area contributed by atoms with E-state index in [1.165, 1.54) is 13.5 Å². The Hall–Kier alpha value is -2.58. The van der Waals surface area contributed by atoms with Gasteiger partial charge in [-0.05, 0) is 61.3 Å². The summed E-state index contributed by atoms with van der Waals surface area (Å²) in [4.78, 5) is 25.9. The summed E-state index contributed by atoms with van der Waals surface area (Å²) in [5.74, 6) is 0.783. The molecule has 0 unspecified atom stereocenters. The van der Waals surface area contributed by atoms with E-state index in [4.69, 9.17) is 4.74 Å². The van der Waals surface area contributed by atoms with Gasteiger partial charge >= 0.3 is 0 Å². The molecule has 3 rings (SSSR count). The molecule has 3 aromatic heterocycles. The second-order valence-electron chi connectivity index (χ2n) is 7.70. The van der Waals surface area contributed by atoms with Gasteiger partial charge in [0.05, 0.1) is 24.2 Å². The Kier molecular flexibility index (Phi) is 8.08. The lowest BCUT2D eigenvalue weighted by Gasteiger charge is -2.17. The molecular formula is C23H29BrN4O3. The van der Waals surface area contributed by atoms with Crippen molar-refractivity contribution in [3.05, 3.63) is 62.5 Å². The summed E-state index contributed by atoms with van der Waals surface area (Å²) in [6.07, 6.45) is 4.53. The van der Waals surface area contributed by atoms with Crippen LogP contribution in [0.2, 0.25) is 0 Å². The lowest BCUT2D eigenvalue weighted by molar-refractivity contribution is 0.0688. The number of methoxy groups -OCH3 is 1. The first-order valence-corrected chi connectivity index (χ1v) is 10.8. The number of halogens is 1. The number of nitrogens with zero attached hydrogens (tertiary/aromatic N) is 4. The Morgan fingerprint density at radius 1 is 1.16 bits per heavy atom. The molecule has 3 heterocycles. The number of hydrogen-bond donors (Lipinski definition) is 1. The van der Waals surface area contributed by atoms with Crippen LogP contribution in [0.1, 0.15) is 51.2 Å². The molecule has 0 aliphatic rings. The Labute approximate surface area is 191 Å². The molecule has 0 saturated heterocycles. The molecule has 7 nitrogen and oxygen atoms in total. The SMILES string of the molecule is CCC.COc1cc(C)n(-c2cc(-c3ccnc(C(C)(C)O)n3)ncc2C)c(=O)c1Br. The molecule has 166 valence electrons. The number of rotatable bonds is 4. The van der Waals surface area contributed by atoms with Gasteiger partial charge < -0.3 is 9.84 Å². The van der Waals surface area contributed by atoms with Crippen LogP contribution in [0.15, 0.2) is 39.9 Å². The van der Waals surface area contributed by atoms with Gasteiger partial charge in [-0.15, -0.1) is 0 Å². The summed E-state index contributed by atoms with van der Waals surface area (Å²) in [5, 5.41) is 10.2. The van der Waals surface area contributed by atoms with Crippen molar-refractivity contribution in [3.8, 4) is 22.8 Å². The molecule has 8 heteroatoms. The zero-order valence-electron chi connectivity index (χ0n) is 19.0. The normalized spacial score (nSPS) is 11.0. The average molecular weight is 489 g/mol. The summed E-state index contributed by atoms with van der Waals surface area (Å²) >= 11 is 3.32. The largest absolute Gasteiger partial charge is 0.495 e. The van der Waals surface area contributed by atoms with E-state index in [2.05, 4.69) is 44.7 Å². The molecule has 0 atom stereocenters. The maximum absolute atomic E-state index is 12.9. The van der Waals surface area contributed by atoms with Crippen molar-refractivity contribution >= 4 is 15.9 Å². The van der Waals surface area contributed by atoms with Gasteiger partial charge in [0.25, 0.3) is 5.56 Å². The molecule has 31 heavy (non-hydrogen) atoms. The molecule has 0 spiro atoms. The first-order valence-electron chi connectivity index (χ1n) is 10.0. The van der Waals surface area contributed by atoms with E-state index in [-0.39, 0.29) is 5.56 Å². The van der Waals surface area contributed by atoms with Gasteiger partial charge in [0.2, 0.25) is 0 Å². The Balaban J connectivity index is 0.00000107. The molecule has 0 radical (unpaired) electrons. The highest BCUT2D eigenvalue weighted by molar-refractivity contribution is 9.10. The van der Waals surface area contributed by atoms with E-state index < -0.39 is 5.60 Å². The number of aromatic nitrogens is 4. The molecule has 1 N–H and O–H groups in total. The van der Waals surface area contributed by atoms with Crippen LogP contribution >= 0.6 is 15.9 Å². The van der Waals surface area contributed by atoms with Crippen LogP contribution in [0.3, 0.4) is 0 Å². The number of pyridine rings is 2. The van der Waals surface area contributed by atoms with E-state index >= 15 is 0 Å². The van der Waals surface area contributed by atoms with Crippen LogP contribution in [-0.2, 0) is 5.60 Å². The quantitative estimate of drug-likeness (QED) is 0.571. The molecule has 0 aromatic carbocycles. The van der Waals surface area contributed by atoms with Crippen molar-refractivity contribution in [3.63, 3.8) is 0 Å². The monoisotopic (exact) mass is 488 g/mol. The highest BCUT2D eigenvalue weighted by Crippen LogP contribution is 2.26. The number of aliphatic hydroxyl groups is 1. The van der Waals surface area contributed by atoms with E-state index in [1.807, 2.05) is 13.8 Å². The van der Waals surface area contributed by atoms with Gasteiger partial charge in [0.15, 0.2) is 5.82 Å². The summed E-state index contributed by atoms with van der Waals surface area (Å²) < 4.78 is 7.21. The van der Waals surface area contributed by atoms with Gasteiger partial charge in [0, 0.05) is 24.2 Å². The number of hydrogen-bond acceptors (Lipinski definition) is 6. The predicted octanol–water partition coefficient (Wildman–Crippen LogP) is 4.72. The Morgan fingerprint density at radius 3 is 2.39 bits per heavy atom. The third kappa shape index (κ3) is 5.57. The van der Waals surface area contributed by atoms with Gasteiger partial charge in [-0.25, -0.2) is 9.97 Å². The lowest BCUT2D eigenvalue weighted by Crippen LogP contribution is -2.23. The predicted molar refractivity (Wildman–Crippen MR) is 126 cm³/mol. The minimum Gasteiger partial charge on any atom is -0.495 e. The molecule has 0 amide bonds. The fourth-order valence-corrected chi connectivity index (χ4v) is 3.27. The van der Waals surface area contributed by atoms with Crippen molar-refractivity contribution in [2.45, 2.75) is 53.6 Å². The summed E-state index contributed by atoms with van der Waals surface area (Å²) in [5.41, 5.74) is 2.00. The van der Waals surface area contributed by atoms with Gasteiger partial charge in [-0.3, -0.25) is 14.3 Å². The maximum atomic E-state index is 12.9. The topological polar surface area (TPSA) is 90.1 Å². The summed E-state index contributed by atoms with van der Waals surface area (Å²) in [6, 6.07) is 5.32. The van der Waals surface area contributed by atoms with Gasteiger partial charge in [0.1, 0.15) is 15.8 Å². The van der Waals surface area contributed by atoms with E-state index in [0.29, 0.717) is 33.1 Å². The molecule has 0 bridgehead atoms. The minimum atomic E-state index is -1.17. The Morgan fingerprint density at radius 2 is 1.81 bits per heavy atom. The minimum absolute atomic E-state index is 0.225. The first-order chi connectivity index (χ1) is 14.5. The van der Waals surface area contributed by atoms with Crippen molar-refractivity contribution < 1.29 is 9.84 Å². The van der Waals surface area contributed by atoms with Crippen LogP contribution in [0.5, 0.6) is 5.75 Å². The highest BCUT2D eigenvalue weighted by atomic mass is 79.9. The van der Waals surface area contributed by atoms with Crippen LogP contribution in [0.4, 0.5) is 0 Å². The molecule has 3 aromatic rings. The Bertz CT molecular complexity index is 1120. The number of aryl methyl sites for hydroxylation is 2. The second kappa shape index (κ2) is 10.2.